The molecule has 1 fully saturated rings. The number of unbranched alkanes of at least 4 members (excludes halogenated alkanes) is 3. The van der Waals surface area contributed by atoms with Crippen LogP contribution in [-0.2, 0) is 4.79 Å². The fraction of sp³-hybridized carbons (Fsp3) is 0.690. The van der Waals surface area contributed by atoms with Crippen LogP contribution in [0.25, 0.3) is 0 Å². The van der Waals surface area contributed by atoms with Crippen molar-refractivity contribution in [3.8, 4) is 23.3 Å². The summed E-state index contributed by atoms with van der Waals surface area (Å²) in [4.78, 5) is 11.7. The minimum absolute atomic E-state index is 0.0911. The summed E-state index contributed by atoms with van der Waals surface area (Å²) in [5.74, 6) is 9.37. The molecule has 0 radical (unpaired) electrons. The molecule has 0 spiro atoms. The molecule has 1 aliphatic carbocycles. The summed E-state index contributed by atoms with van der Waals surface area (Å²) in [7, 11) is -2.07. The molecule has 3 rings (SSSR count). The molecule has 1 aliphatic heterocycles. The number of carbonyl (C=O) groups excluding carboxylic acids is 1. The zero-order chi connectivity index (χ0) is 24.4. The van der Waals surface area contributed by atoms with Crippen molar-refractivity contribution in [2.75, 3.05) is 0 Å². The van der Waals surface area contributed by atoms with Crippen LogP contribution in [0.15, 0.2) is 12.1 Å². The zero-order valence-corrected chi connectivity index (χ0v) is 23.1. The second-order valence-corrected chi connectivity index (χ2v) is 16.9. The van der Waals surface area contributed by atoms with E-state index in [0.29, 0.717) is 5.92 Å². The maximum Gasteiger partial charge on any atom is 0.250 e. The smallest absolute Gasteiger partial charge is 0.250 e. The first kappa shape index (κ1) is 25.9. The molecule has 0 bridgehead atoms. The third kappa shape index (κ3) is 5.68. The van der Waals surface area contributed by atoms with E-state index in [2.05, 4.69) is 78.6 Å². The second kappa shape index (κ2) is 9.86. The average Bonchev–Trinajstić information content (AvgIpc) is 2.71. The lowest BCUT2D eigenvalue weighted by Gasteiger charge is -2.49. The van der Waals surface area contributed by atoms with Crippen LogP contribution in [0, 0.1) is 23.7 Å². The van der Waals surface area contributed by atoms with Crippen LogP contribution < -0.4 is 9.16 Å². The van der Waals surface area contributed by atoms with E-state index in [0.717, 1.165) is 55.5 Å². The number of benzene rings is 1. The molecule has 1 aromatic carbocycles. The monoisotopic (exact) mass is 468 g/mol. The average molecular weight is 469 g/mol. The summed E-state index contributed by atoms with van der Waals surface area (Å²) in [6, 6.07) is 4.26. The van der Waals surface area contributed by atoms with Gasteiger partial charge in [0.2, 0.25) is 8.32 Å². The van der Waals surface area contributed by atoms with Crippen molar-refractivity contribution < 1.29 is 14.0 Å². The topological polar surface area (TPSA) is 35.5 Å². The van der Waals surface area contributed by atoms with Crippen LogP contribution in [-0.4, -0.2) is 20.2 Å². The van der Waals surface area contributed by atoms with Crippen molar-refractivity contribution >= 4 is 14.6 Å². The van der Waals surface area contributed by atoms with Crippen molar-refractivity contribution in [2.45, 2.75) is 116 Å². The first-order valence-electron chi connectivity index (χ1n) is 12.9. The van der Waals surface area contributed by atoms with Gasteiger partial charge in [-0.25, -0.2) is 0 Å². The molecule has 3 atom stereocenters. The fourth-order valence-corrected chi connectivity index (χ4v) is 6.13. The van der Waals surface area contributed by atoms with E-state index in [1.165, 1.54) is 18.4 Å². The molecule has 0 saturated heterocycles. The van der Waals surface area contributed by atoms with Gasteiger partial charge in [-0.2, -0.15) is 0 Å². The summed E-state index contributed by atoms with van der Waals surface area (Å²) in [6.45, 7) is 18.0. The molecule has 1 aromatic rings. The van der Waals surface area contributed by atoms with E-state index in [1.807, 2.05) is 0 Å². The third-order valence-electron chi connectivity index (χ3n) is 8.13. The minimum atomic E-state index is -2.07. The molecule has 182 valence electrons. The highest BCUT2D eigenvalue weighted by Gasteiger charge is 2.49. The van der Waals surface area contributed by atoms with Crippen molar-refractivity contribution in [3.05, 3.63) is 23.3 Å². The first-order valence-corrected chi connectivity index (χ1v) is 15.8. The number of ether oxygens (including phenoxy) is 1. The Bertz CT molecular complexity index is 913. The standard InChI is InChI=1S/C29H44O3Si/c1-9-10-11-12-13-14-21-18-25-27(26(19-21)32-33(7,8)28(2,3)4)23-17-22(20-30)15-16-24(23)29(5,6)31-25/h18-20,22-24H,9-12,15-17H2,1-8H3/t22-,23-,24-/m1/s1. The highest BCUT2D eigenvalue weighted by molar-refractivity contribution is 6.74. The molecular formula is C29H44O3Si. The lowest BCUT2D eigenvalue weighted by Crippen LogP contribution is -2.48. The zero-order valence-electron chi connectivity index (χ0n) is 22.1. The Labute approximate surface area is 203 Å². The summed E-state index contributed by atoms with van der Waals surface area (Å²) in [5, 5.41) is 0.0911. The predicted octanol–water partition coefficient (Wildman–Crippen LogP) is 7.87. The van der Waals surface area contributed by atoms with Gasteiger partial charge in [0, 0.05) is 29.4 Å². The maximum atomic E-state index is 11.7. The van der Waals surface area contributed by atoms with Crippen LogP contribution in [0.2, 0.25) is 18.1 Å². The molecule has 0 aromatic heterocycles. The third-order valence-corrected chi connectivity index (χ3v) is 12.5. The Kier molecular flexibility index (Phi) is 7.74. The normalized spacial score (nSPS) is 23.9. The Morgan fingerprint density at radius 2 is 1.94 bits per heavy atom. The van der Waals surface area contributed by atoms with Gasteiger partial charge in [0.05, 0.1) is 0 Å². The fourth-order valence-electron chi connectivity index (χ4n) is 5.10. The number of fused-ring (bicyclic) bond motifs is 3. The van der Waals surface area contributed by atoms with Gasteiger partial charge in [0.1, 0.15) is 23.4 Å². The van der Waals surface area contributed by atoms with Gasteiger partial charge in [0.15, 0.2) is 0 Å². The van der Waals surface area contributed by atoms with E-state index in [1.54, 1.807) is 0 Å². The number of rotatable bonds is 6. The summed E-state index contributed by atoms with van der Waals surface area (Å²) < 4.78 is 13.6. The molecule has 33 heavy (non-hydrogen) atoms. The van der Waals surface area contributed by atoms with Gasteiger partial charge in [0.25, 0.3) is 0 Å². The molecule has 0 N–H and O–H groups in total. The Morgan fingerprint density at radius 3 is 2.58 bits per heavy atom. The van der Waals surface area contributed by atoms with E-state index < -0.39 is 8.32 Å². The van der Waals surface area contributed by atoms with Crippen LogP contribution >= 0.6 is 0 Å². The molecule has 0 unspecified atom stereocenters. The van der Waals surface area contributed by atoms with Gasteiger partial charge < -0.3 is 14.0 Å². The highest BCUT2D eigenvalue weighted by atomic mass is 28.4. The predicted molar refractivity (Wildman–Crippen MR) is 140 cm³/mol. The number of carbonyl (C=O) groups is 1. The lowest BCUT2D eigenvalue weighted by atomic mass is 9.64. The summed E-state index contributed by atoms with van der Waals surface area (Å²) >= 11 is 0. The molecule has 0 amide bonds. The Morgan fingerprint density at radius 1 is 1.21 bits per heavy atom. The van der Waals surface area contributed by atoms with E-state index >= 15 is 0 Å². The summed E-state index contributed by atoms with van der Waals surface area (Å²) in [5.41, 5.74) is 1.87. The number of hydrogen-bond acceptors (Lipinski definition) is 3. The molecule has 4 heteroatoms. The van der Waals surface area contributed by atoms with Crippen LogP contribution in [0.5, 0.6) is 11.5 Å². The SMILES string of the molecule is CCCCCC#Cc1cc2c(c(O[Si](C)(C)C(C)(C)C)c1)[C@@H]1C[C@H](C=O)CC[C@H]1C(C)(C)O2. The molecule has 1 saturated carbocycles. The van der Waals surface area contributed by atoms with E-state index in [4.69, 9.17) is 9.16 Å². The number of hydrogen-bond donors (Lipinski definition) is 0. The van der Waals surface area contributed by atoms with E-state index in [-0.39, 0.29) is 22.5 Å². The molecule has 2 aliphatic rings. The van der Waals surface area contributed by atoms with Crippen molar-refractivity contribution in [1.29, 1.82) is 0 Å². The molecular weight excluding hydrogens is 424 g/mol. The Hall–Kier alpha value is -1.73. The van der Waals surface area contributed by atoms with Crippen LogP contribution in [0.1, 0.15) is 104 Å². The highest BCUT2D eigenvalue weighted by Crippen LogP contribution is 2.56. The van der Waals surface area contributed by atoms with Gasteiger partial charge in [-0.1, -0.05) is 52.4 Å². The van der Waals surface area contributed by atoms with Crippen LogP contribution in [0.4, 0.5) is 0 Å². The Balaban J connectivity index is 2.09. The van der Waals surface area contributed by atoms with Crippen molar-refractivity contribution in [2.24, 2.45) is 11.8 Å². The molecule has 1 heterocycles. The minimum Gasteiger partial charge on any atom is -0.543 e. The number of aldehydes is 1. The van der Waals surface area contributed by atoms with Gasteiger partial charge in [-0.15, -0.1) is 0 Å². The summed E-state index contributed by atoms with van der Waals surface area (Å²) in [6.07, 6.45) is 8.48. The van der Waals surface area contributed by atoms with Gasteiger partial charge in [-0.05, 0) is 75.7 Å². The lowest BCUT2D eigenvalue weighted by molar-refractivity contribution is -0.113. The largest absolute Gasteiger partial charge is 0.543 e. The second-order valence-electron chi connectivity index (χ2n) is 12.1. The quantitative estimate of drug-likeness (QED) is 0.184. The van der Waals surface area contributed by atoms with Crippen molar-refractivity contribution in [3.63, 3.8) is 0 Å². The van der Waals surface area contributed by atoms with Gasteiger partial charge in [-0.3, -0.25) is 0 Å². The maximum absolute atomic E-state index is 11.7. The van der Waals surface area contributed by atoms with Gasteiger partial charge >= 0.3 is 0 Å². The van der Waals surface area contributed by atoms with E-state index in [9.17, 15) is 4.79 Å². The van der Waals surface area contributed by atoms with Crippen LogP contribution in [0.3, 0.4) is 0 Å². The molecule has 3 nitrogen and oxygen atoms in total. The first-order chi connectivity index (χ1) is 15.4. The van der Waals surface area contributed by atoms with Crippen molar-refractivity contribution in [1.82, 2.24) is 0 Å².